The van der Waals surface area contributed by atoms with Crippen LogP contribution in [0.1, 0.15) is 13.8 Å². The maximum absolute atomic E-state index is 10.6. The number of hydrogen-bond acceptors (Lipinski definition) is 2. The molecule has 1 N–H and O–H groups in total. The molecule has 74 valence electrons. The van der Waals surface area contributed by atoms with Crippen LogP contribution in [0.2, 0.25) is 0 Å². The molecule has 0 radical (unpaired) electrons. The van der Waals surface area contributed by atoms with Gasteiger partial charge in [-0.3, -0.25) is 0 Å². The molecule has 3 heteroatoms. The van der Waals surface area contributed by atoms with Gasteiger partial charge in [-0.2, -0.15) is 0 Å². The SMILES string of the molecule is C=C/C(=C\N(C)CC(C)C)C(=O)O. The molecule has 0 atom stereocenters. The maximum Gasteiger partial charge on any atom is 0.337 e. The molecule has 0 aliphatic carbocycles. The van der Waals surface area contributed by atoms with Crippen molar-refractivity contribution in [2.75, 3.05) is 13.6 Å². The summed E-state index contributed by atoms with van der Waals surface area (Å²) in [6.45, 7) is 8.44. The molecule has 0 spiro atoms. The highest BCUT2D eigenvalue weighted by atomic mass is 16.4. The van der Waals surface area contributed by atoms with Gasteiger partial charge in [0.25, 0.3) is 0 Å². The maximum atomic E-state index is 10.6. The fraction of sp³-hybridized carbons (Fsp3) is 0.500. The van der Waals surface area contributed by atoms with E-state index in [0.29, 0.717) is 5.92 Å². The van der Waals surface area contributed by atoms with Crippen molar-refractivity contribution in [3.63, 3.8) is 0 Å². The highest BCUT2D eigenvalue weighted by Gasteiger charge is 2.04. The van der Waals surface area contributed by atoms with Gasteiger partial charge in [0.05, 0.1) is 5.57 Å². The van der Waals surface area contributed by atoms with Crippen LogP contribution in [-0.2, 0) is 4.79 Å². The molecule has 0 aliphatic rings. The summed E-state index contributed by atoms with van der Waals surface area (Å²) in [7, 11) is 1.85. The van der Waals surface area contributed by atoms with Gasteiger partial charge in [0.15, 0.2) is 0 Å². The topological polar surface area (TPSA) is 40.5 Å². The van der Waals surface area contributed by atoms with E-state index in [-0.39, 0.29) is 5.57 Å². The lowest BCUT2D eigenvalue weighted by Crippen LogP contribution is -2.18. The van der Waals surface area contributed by atoms with Gasteiger partial charge < -0.3 is 10.0 Å². The predicted octanol–water partition coefficient (Wildman–Crippen LogP) is 1.73. The molecule has 0 unspecified atom stereocenters. The molecule has 0 saturated heterocycles. The highest BCUT2D eigenvalue weighted by Crippen LogP contribution is 2.01. The first-order valence-corrected chi connectivity index (χ1v) is 4.25. The highest BCUT2D eigenvalue weighted by molar-refractivity contribution is 5.89. The lowest BCUT2D eigenvalue weighted by molar-refractivity contribution is -0.132. The molecule has 0 aromatic carbocycles. The molecule has 0 aromatic heterocycles. The fourth-order valence-electron chi connectivity index (χ4n) is 1.06. The van der Waals surface area contributed by atoms with Gasteiger partial charge >= 0.3 is 5.97 Å². The third-order valence-electron chi connectivity index (χ3n) is 1.48. The van der Waals surface area contributed by atoms with E-state index in [0.717, 1.165) is 6.54 Å². The second-order valence-corrected chi connectivity index (χ2v) is 3.43. The number of rotatable bonds is 5. The van der Waals surface area contributed by atoms with Crippen LogP contribution in [0.3, 0.4) is 0 Å². The molecule has 3 nitrogen and oxygen atoms in total. The first-order valence-electron chi connectivity index (χ1n) is 4.25. The quantitative estimate of drug-likeness (QED) is 0.521. The monoisotopic (exact) mass is 183 g/mol. The lowest BCUT2D eigenvalue weighted by Gasteiger charge is -2.16. The number of aliphatic carboxylic acids is 1. The Balaban J connectivity index is 4.33. The minimum absolute atomic E-state index is 0.225. The second-order valence-electron chi connectivity index (χ2n) is 3.43. The Bertz CT molecular complexity index is 219. The number of carboxylic acids is 1. The predicted molar refractivity (Wildman–Crippen MR) is 53.4 cm³/mol. The van der Waals surface area contributed by atoms with Crippen LogP contribution in [0.4, 0.5) is 0 Å². The van der Waals surface area contributed by atoms with Crippen LogP contribution in [0.25, 0.3) is 0 Å². The smallest absolute Gasteiger partial charge is 0.337 e. The lowest BCUT2D eigenvalue weighted by atomic mass is 10.2. The van der Waals surface area contributed by atoms with Crippen LogP contribution in [-0.4, -0.2) is 29.6 Å². The molecule has 0 amide bonds. The Kier molecular flexibility index (Phi) is 4.89. The zero-order valence-electron chi connectivity index (χ0n) is 8.45. The minimum Gasteiger partial charge on any atom is -0.478 e. The average Bonchev–Trinajstić information content (AvgIpc) is 1.98. The number of hydrogen-bond donors (Lipinski definition) is 1. The Morgan fingerprint density at radius 1 is 1.62 bits per heavy atom. The van der Waals surface area contributed by atoms with E-state index in [1.807, 2.05) is 11.9 Å². The zero-order chi connectivity index (χ0) is 10.4. The minimum atomic E-state index is -0.939. The van der Waals surface area contributed by atoms with Gasteiger partial charge in [0.1, 0.15) is 0 Å². The molecule has 0 bridgehead atoms. The van der Waals surface area contributed by atoms with E-state index in [1.165, 1.54) is 6.08 Å². The van der Waals surface area contributed by atoms with Gasteiger partial charge in [-0.25, -0.2) is 4.79 Å². The van der Waals surface area contributed by atoms with Crippen LogP contribution in [0, 0.1) is 5.92 Å². The molecule has 0 aromatic rings. The van der Waals surface area contributed by atoms with Crippen molar-refractivity contribution in [1.29, 1.82) is 0 Å². The van der Waals surface area contributed by atoms with Crippen LogP contribution in [0.5, 0.6) is 0 Å². The van der Waals surface area contributed by atoms with Crippen LogP contribution in [0.15, 0.2) is 24.4 Å². The van der Waals surface area contributed by atoms with Crippen molar-refractivity contribution in [3.05, 3.63) is 24.4 Å². The Hall–Kier alpha value is -1.25. The van der Waals surface area contributed by atoms with Gasteiger partial charge in [-0.1, -0.05) is 26.5 Å². The van der Waals surface area contributed by atoms with E-state index >= 15 is 0 Å². The summed E-state index contributed by atoms with van der Waals surface area (Å²) in [5.41, 5.74) is 0.225. The van der Waals surface area contributed by atoms with Crippen molar-refractivity contribution >= 4 is 5.97 Å². The van der Waals surface area contributed by atoms with Gasteiger partial charge in [-0.05, 0) is 5.92 Å². The van der Waals surface area contributed by atoms with Crippen molar-refractivity contribution < 1.29 is 9.90 Å². The summed E-state index contributed by atoms with van der Waals surface area (Å²) in [6, 6.07) is 0. The van der Waals surface area contributed by atoms with E-state index in [4.69, 9.17) is 5.11 Å². The first kappa shape index (κ1) is 11.8. The molecular weight excluding hydrogens is 166 g/mol. The van der Waals surface area contributed by atoms with Crippen molar-refractivity contribution in [3.8, 4) is 0 Å². The van der Waals surface area contributed by atoms with Crippen molar-refractivity contribution in [1.82, 2.24) is 4.90 Å². The fourth-order valence-corrected chi connectivity index (χ4v) is 1.06. The van der Waals surface area contributed by atoms with Gasteiger partial charge in [0, 0.05) is 19.8 Å². The zero-order valence-corrected chi connectivity index (χ0v) is 8.45. The third-order valence-corrected chi connectivity index (χ3v) is 1.48. The van der Waals surface area contributed by atoms with E-state index in [1.54, 1.807) is 6.20 Å². The van der Waals surface area contributed by atoms with Crippen molar-refractivity contribution in [2.45, 2.75) is 13.8 Å². The Morgan fingerprint density at radius 3 is 2.46 bits per heavy atom. The molecule has 0 fully saturated rings. The Morgan fingerprint density at radius 2 is 2.15 bits per heavy atom. The van der Waals surface area contributed by atoms with Crippen molar-refractivity contribution in [2.24, 2.45) is 5.92 Å². The summed E-state index contributed by atoms with van der Waals surface area (Å²) in [5, 5.41) is 8.69. The first-order chi connectivity index (χ1) is 5.97. The summed E-state index contributed by atoms with van der Waals surface area (Å²) in [6.07, 6.45) is 2.94. The summed E-state index contributed by atoms with van der Waals surface area (Å²) in [5.74, 6) is -0.424. The Labute approximate surface area is 79.4 Å². The van der Waals surface area contributed by atoms with E-state index < -0.39 is 5.97 Å². The molecular formula is C10H17NO2. The standard InChI is InChI=1S/C10H17NO2/c1-5-9(10(12)13)7-11(4)6-8(2)3/h5,7-8H,1,6H2,2-4H3,(H,12,13)/b9-7+. The second kappa shape index (κ2) is 5.41. The molecule has 13 heavy (non-hydrogen) atoms. The van der Waals surface area contributed by atoms with E-state index in [2.05, 4.69) is 20.4 Å². The third kappa shape index (κ3) is 5.06. The summed E-state index contributed by atoms with van der Waals surface area (Å²) >= 11 is 0. The molecule has 0 rings (SSSR count). The number of carbonyl (C=O) groups is 1. The van der Waals surface area contributed by atoms with Gasteiger partial charge in [0.2, 0.25) is 0 Å². The van der Waals surface area contributed by atoms with Gasteiger partial charge in [-0.15, -0.1) is 0 Å². The summed E-state index contributed by atoms with van der Waals surface area (Å²) in [4.78, 5) is 12.4. The van der Waals surface area contributed by atoms with Crippen LogP contribution >= 0.6 is 0 Å². The summed E-state index contributed by atoms with van der Waals surface area (Å²) < 4.78 is 0. The largest absolute Gasteiger partial charge is 0.478 e. The molecule has 0 saturated carbocycles. The average molecular weight is 183 g/mol. The number of carboxylic acid groups (broad SMARTS) is 1. The normalized spacial score (nSPS) is 11.5. The van der Waals surface area contributed by atoms with Crippen LogP contribution < -0.4 is 0 Å². The van der Waals surface area contributed by atoms with E-state index in [9.17, 15) is 4.79 Å². The molecule has 0 heterocycles. The molecule has 0 aliphatic heterocycles. The number of nitrogens with zero attached hydrogens (tertiary/aromatic N) is 1.